The summed E-state index contributed by atoms with van der Waals surface area (Å²) in [6.07, 6.45) is 2.05. The van der Waals surface area contributed by atoms with E-state index in [2.05, 4.69) is 38.0 Å². The molecule has 1 unspecified atom stereocenters. The number of likely N-dealkylation sites (tertiary alicyclic amines) is 1. The van der Waals surface area contributed by atoms with Gasteiger partial charge in [-0.15, -0.1) is 24.0 Å². The summed E-state index contributed by atoms with van der Waals surface area (Å²) in [5, 5.41) is 9.39. The van der Waals surface area contributed by atoms with Gasteiger partial charge < -0.3 is 25.4 Å². The number of hydrogen-bond acceptors (Lipinski definition) is 5. The molecule has 0 radical (unpaired) electrons. The van der Waals surface area contributed by atoms with Crippen molar-refractivity contribution in [1.29, 1.82) is 0 Å². The highest BCUT2D eigenvalue weighted by Crippen LogP contribution is 2.26. The summed E-state index contributed by atoms with van der Waals surface area (Å²) >= 11 is 0. The number of carbonyl (C=O) groups excluding carboxylic acids is 1. The van der Waals surface area contributed by atoms with Crippen molar-refractivity contribution in [3.63, 3.8) is 0 Å². The van der Waals surface area contributed by atoms with Gasteiger partial charge in [0.2, 0.25) is 0 Å². The van der Waals surface area contributed by atoms with E-state index in [4.69, 9.17) is 9.47 Å². The van der Waals surface area contributed by atoms with Gasteiger partial charge in [0, 0.05) is 26.7 Å². The number of halogens is 1. The Morgan fingerprint density at radius 1 is 1.10 bits per heavy atom. The lowest BCUT2D eigenvalue weighted by Crippen LogP contribution is -2.45. The van der Waals surface area contributed by atoms with Crippen LogP contribution in [0.3, 0.4) is 0 Å². The highest BCUT2D eigenvalue weighted by Gasteiger charge is 2.23. The van der Waals surface area contributed by atoms with Gasteiger partial charge in [0.25, 0.3) is 0 Å². The first-order valence-corrected chi connectivity index (χ1v) is 10.6. The number of benzene rings is 1. The van der Waals surface area contributed by atoms with Gasteiger partial charge >= 0.3 is 6.09 Å². The molecule has 176 valence electrons. The summed E-state index contributed by atoms with van der Waals surface area (Å²) in [5.74, 6) is 1.57. The molecule has 1 atom stereocenters. The zero-order valence-corrected chi connectivity index (χ0v) is 21.7. The van der Waals surface area contributed by atoms with Crippen LogP contribution in [0, 0.1) is 0 Å². The predicted molar refractivity (Wildman–Crippen MR) is 136 cm³/mol. The van der Waals surface area contributed by atoms with Crippen molar-refractivity contribution in [3.8, 4) is 5.75 Å². The second-order valence-corrected chi connectivity index (χ2v) is 8.34. The summed E-state index contributed by atoms with van der Waals surface area (Å²) < 4.78 is 10.5. The van der Waals surface area contributed by atoms with E-state index in [9.17, 15) is 4.79 Å². The maximum Gasteiger partial charge on any atom is 0.407 e. The number of nitrogens with zero attached hydrogens (tertiary/aromatic N) is 2. The average molecular weight is 547 g/mol. The molecule has 1 aromatic rings. The summed E-state index contributed by atoms with van der Waals surface area (Å²) in [4.78, 5) is 18.5. The largest absolute Gasteiger partial charge is 0.497 e. The summed E-state index contributed by atoms with van der Waals surface area (Å²) in [5.41, 5.74) is 0.758. The Morgan fingerprint density at radius 3 is 2.26 bits per heavy atom. The molecule has 31 heavy (non-hydrogen) atoms. The fourth-order valence-electron chi connectivity index (χ4n) is 3.41. The van der Waals surface area contributed by atoms with Gasteiger partial charge in [0.15, 0.2) is 5.96 Å². The molecule has 0 aliphatic carbocycles. The van der Waals surface area contributed by atoms with Gasteiger partial charge in [0.05, 0.1) is 13.2 Å². The Bertz CT molecular complexity index is 685. The zero-order valence-electron chi connectivity index (χ0n) is 19.4. The predicted octanol–water partition coefficient (Wildman–Crippen LogP) is 3.14. The van der Waals surface area contributed by atoms with Crippen LogP contribution in [-0.4, -0.2) is 69.4 Å². The number of methoxy groups -OCH3 is 1. The van der Waals surface area contributed by atoms with Crippen LogP contribution in [0.5, 0.6) is 5.75 Å². The van der Waals surface area contributed by atoms with Gasteiger partial charge in [-0.05, 0) is 64.4 Å². The molecular weight excluding hydrogens is 509 g/mol. The molecule has 2 rings (SSSR count). The highest BCUT2D eigenvalue weighted by molar-refractivity contribution is 14.0. The number of rotatable bonds is 8. The van der Waals surface area contributed by atoms with Crippen LogP contribution >= 0.6 is 24.0 Å². The molecule has 1 amide bonds. The third-order valence-electron chi connectivity index (χ3n) is 4.85. The van der Waals surface area contributed by atoms with Crippen LogP contribution in [0.2, 0.25) is 0 Å². The van der Waals surface area contributed by atoms with Crippen molar-refractivity contribution >= 4 is 36.0 Å². The number of ether oxygens (including phenoxy) is 2. The SMILES string of the molecule is CN=C(NCCNC(=O)OC(C)(C)C)NCC(c1ccc(OC)cc1)N1CCCC1.I. The van der Waals surface area contributed by atoms with E-state index < -0.39 is 11.7 Å². The van der Waals surface area contributed by atoms with E-state index in [1.165, 1.54) is 18.4 Å². The number of aliphatic imine (C=N–C) groups is 1. The number of nitrogens with one attached hydrogen (secondary N) is 3. The van der Waals surface area contributed by atoms with E-state index >= 15 is 0 Å². The van der Waals surface area contributed by atoms with Crippen LogP contribution in [0.1, 0.15) is 45.2 Å². The third kappa shape index (κ3) is 9.94. The molecule has 0 bridgehead atoms. The molecule has 1 aliphatic rings. The number of amides is 1. The second kappa shape index (κ2) is 13.6. The third-order valence-corrected chi connectivity index (χ3v) is 4.85. The number of guanidine groups is 1. The van der Waals surface area contributed by atoms with Gasteiger partial charge in [-0.25, -0.2) is 4.79 Å². The van der Waals surface area contributed by atoms with Crippen LogP contribution in [-0.2, 0) is 4.74 Å². The molecule has 1 aromatic carbocycles. The van der Waals surface area contributed by atoms with E-state index in [1.807, 2.05) is 32.9 Å². The minimum absolute atomic E-state index is 0. The fourth-order valence-corrected chi connectivity index (χ4v) is 3.41. The minimum Gasteiger partial charge on any atom is -0.497 e. The average Bonchev–Trinajstić information content (AvgIpc) is 3.23. The van der Waals surface area contributed by atoms with Crippen molar-refractivity contribution in [2.45, 2.75) is 45.3 Å². The first-order valence-electron chi connectivity index (χ1n) is 10.6. The normalized spacial score (nSPS) is 15.6. The fraction of sp³-hybridized carbons (Fsp3) is 0.636. The second-order valence-electron chi connectivity index (χ2n) is 8.34. The Hall–Kier alpha value is -1.75. The lowest BCUT2D eigenvalue weighted by Gasteiger charge is -2.29. The molecule has 3 N–H and O–H groups in total. The smallest absolute Gasteiger partial charge is 0.407 e. The summed E-state index contributed by atoms with van der Waals surface area (Å²) in [6, 6.07) is 8.54. The Morgan fingerprint density at radius 2 is 1.71 bits per heavy atom. The monoisotopic (exact) mass is 547 g/mol. The molecule has 0 spiro atoms. The lowest BCUT2D eigenvalue weighted by atomic mass is 10.1. The molecule has 1 fully saturated rings. The standard InChI is InChI=1S/C22H37N5O3.HI/c1-22(2,3)30-21(28)25-13-12-24-20(23-4)26-16-19(27-14-6-7-15-27)17-8-10-18(29-5)11-9-17;/h8-11,19H,6-7,12-16H2,1-5H3,(H,25,28)(H2,23,24,26);1H. The van der Waals surface area contributed by atoms with Crippen LogP contribution in [0.25, 0.3) is 0 Å². The first kappa shape index (κ1) is 27.3. The quantitative estimate of drug-likeness (QED) is 0.201. The highest BCUT2D eigenvalue weighted by atomic mass is 127. The van der Waals surface area contributed by atoms with E-state index in [-0.39, 0.29) is 30.0 Å². The van der Waals surface area contributed by atoms with Crippen molar-refractivity contribution in [2.24, 2.45) is 4.99 Å². The Labute approximate surface area is 203 Å². The van der Waals surface area contributed by atoms with Gasteiger partial charge in [-0.3, -0.25) is 9.89 Å². The van der Waals surface area contributed by atoms with Crippen molar-refractivity contribution in [3.05, 3.63) is 29.8 Å². The molecular formula is C22H38IN5O3. The maximum absolute atomic E-state index is 11.7. The molecule has 1 saturated heterocycles. The zero-order chi connectivity index (χ0) is 22.0. The van der Waals surface area contributed by atoms with Gasteiger partial charge in [-0.1, -0.05) is 12.1 Å². The molecule has 9 heteroatoms. The van der Waals surface area contributed by atoms with Crippen LogP contribution in [0.15, 0.2) is 29.3 Å². The molecule has 0 saturated carbocycles. The number of carbonyl (C=O) groups is 1. The van der Waals surface area contributed by atoms with Crippen molar-refractivity contribution in [2.75, 3.05) is 46.9 Å². The van der Waals surface area contributed by atoms with Crippen molar-refractivity contribution < 1.29 is 14.3 Å². The Kier molecular flexibility index (Phi) is 12.0. The van der Waals surface area contributed by atoms with E-state index in [0.717, 1.165) is 25.4 Å². The molecule has 0 aromatic heterocycles. The van der Waals surface area contributed by atoms with Gasteiger partial charge in [-0.2, -0.15) is 0 Å². The number of hydrogen-bond donors (Lipinski definition) is 3. The Balaban J connectivity index is 0.00000480. The molecule has 1 heterocycles. The first-order chi connectivity index (χ1) is 14.3. The topological polar surface area (TPSA) is 87.2 Å². The lowest BCUT2D eigenvalue weighted by molar-refractivity contribution is 0.0529. The maximum atomic E-state index is 11.7. The molecule has 1 aliphatic heterocycles. The van der Waals surface area contributed by atoms with E-state index in [0.29, 0.717) is 19.0 Å². The van der Waals surface area contributed by atoms with Crippen LogP contribution < -0.4 is 20.7 Å². The minimum atomic E-state index is -0.499. The summed E-state index contributed by atoms with van der Waals surface area (Å²) in [7, 11) is 3.43. The van der Waals surface area contributed by atoms with Crippen LogP contribution in [0.4, 0.5) is 4.79 Å². The summed E-state index contributed by atoms with van der Waals surface area (Å²) in [6.45, 7) is 9.47. The van der Waals surface area contributed by atoms with Gasteiger partial charge in [0.1, 0.15) is 11.4 Å². The van der Waals surface area contributed by atoms with Crippen molar-refractivity contribution in [1.82, 2.24) is 20.9 Å². The number of alkyl carbamates (subject to hydrolysis) is 1. The molecule has 8 nitrogen and oxygen atoms in total. The van der Waals surface area contributed by atoms with E-state index in [1.54, 1.807) is 14.2 Å².